The Morgan fingerprint density at radius 3 is 2.52 bits per heavy atom. The van der Waals surface area contributed by atoms with Gasteiger partial charge in [0, 0.05) is 6.07 Å². The first-order valence-electron chi connectivity index (χ1n) is 7.58. The number of nitro benzene ring substituents is 1. The lowest BCUT2D eigenvalue weighted by Gasteiger charge is -2.14. The number of benzene rings is 2. The summed E-state index contributed by atoms with van der Waals surface area (Å²) >= 11 is 0. The highest BCUT2D eigenvalue weighted by molar-refractivity contribution is 5.98. The van der Waals surface area contributed by atoms with Crippen molar-refractivity contribution in [2.24, 2.45) is 0 Å². The van der Waals surface area contributed by atoms with Crippen molar-refractivity contribution < 1.29 is 32.8 Å². The van der Waals surface area contributed by atoms with E-state index < -0.39 is 29.5 Å². The zero-order chi connectivity index (χ0) is 20.0. The number of carbonyl (C=O) groups excluding carboxylic acids is 2. The number of nitrogens with one attached hydrogen (secondary N) is 1. The Morgan fingerprint density at radius 1 is 1.15 bits per heavy atom. The molecule has 0 aromatic heterocycles. The van der Waals surface area contributed by atoms with Gasteiger partial charge in [-0.15, -0.1) is 0 Å². The lowest BCUT2D eigenvalue weighted by molar-refractivity contribution is -0.383. The van der Waals surface area contributed by atoms with Crippen molar-refractivity contribution in [3.63, 3.8) is 0 Å². The number of anilines is 1. The number of alkyl halides is 2. The molecule has 1 unspecified atom stereocenters. The molecule has 2 rings (SSSR count). The molecular weight excluding hydrogens is 366 g/mol. The fraction of sp³-hybridized carbons (Fsp3) is 0.176. The van der Waals surface area contributed by atoms with Crippen LogP contribution in [0.3, 0.4) is 0 Å². The van der Waals surface area contributed by atoms with E-state index in [0.29, 0.717) is 0 Å². The van der Waals surface area contributed by atoms with Crippen molar-refractivity contribution >= 4 is 23.3 Å². The summed E-state index contributed by atoms with van der Waals surface area (Å²) in [6, 6.07) is 10.4. The summed E-state index contributed by atoms with van der Waals surface area (Å²) in [5, 5.41) is 13.3. The van der Waals surface area contributed by atoms with Gasteiger partial charge in [-0.05, 0) is 31.2 Å². The van der Waals surface area contributed by atoms with Gasteiger partial charge in [-0.25, -0.2) is 4.79 Å². The molecule has 0 spiro atoms. The molecule has 0 saturated heterocycles. The maximum absolute atomic E-state index is 12.2. The summed E-state index contributed by atoms with van der Waals surface area (Å²) < 4.78 is 33.6. The Kier molecular flexibility index (Phi) is 6.36. The number of nitrogens with zero attached hydrogens (tertiary/aromatic N) is 1. The summed E-state index contributed by atoms with van der Waals surface area (Å²) in [6.07, 6.45) is -1.29. The van der Waals surface area contributed by atoms with Crippen LogP contribution in [0, 0.1) is 10.1 Å². The highest BCUT2D eigenvalue weighted by Gasteiger charge is 2.22. The molecule has 0 fully saturated rings. The van der Waals surface area contributed by atoms with Crippen LogP contribution in [-0.2, 0) is 9.53 Å². The molecule has 2 aromatic rings. The second-order valence-corrected chi connectivity index (χ2v) is 5.22. The van der Waals surface area contributed by atoms with E-state index in [4.69, 9.17) is 4.74 Å². The van der Waals surface area contributed by atoms with Crippen LogP contribution in [-0.4, -0.2) is 29.5 Å². The molecule has 0 radical (unpaired) electrons. The maximum atomic E-state index is 12.2. The van der Waals surface area contributed by atoms with Gasteiger partial charge in [-0.3, -0.25) is 14.9 Å². The molecule has 1 atom stereocenters. The Morgan fingerprint density at radius 2 is 1.85 bits per heavy atom. The predicted molar refractivity (Wildman–Crippen MR) is 89.7 cm³/mol. The van der Waals surface area contributed by atoms with Gasteiger partial charge in [0.25, 0.3) is 11.6 Å². The SMILES string of the molecule is CC(OC(=O)c1cccc(OC(F)F)c1)C(=O)Nc1ccccc1[N+](=O)[O-]. The van der Waals surface area contributed by atoms with Crippen molar-refractivity contribution in [3.8, 4) is 5.75 Å². The minimum Gasteiger partial charge on any atom is -0.449 e. The van der Waals surface area contributed by atoms with Crippen LogP contribution in [0.2, 0.25) is 0 Å². The number of hydrogen-bond donors (Lipinski definition) is 1. The third kappa shape index (κ3) is 5.46. The van der Waals surface area contributed by atoms with E-state index in [0.717, 1.165) is 6.07 Å². The van der Waals surface area contributed by atoms with E-state index in [2.05, 4.69) is 10.1 Å². The molecule has 10 heteroatoms. The van der Waals surface area contributed by atoms with Crippen molar-refractivity contribution in [1.82, 2.24) is 0 Å². The van der Waals surface area contributed by atoms with Gasteiger partial charge >= 0.3 is 12.6 Å². The second kappa shape index (κ2) is 8.70. The van der Waals surface area contributed by atoms with E-state index in [1.807, 2.05) is 0 Å². The number of hydrogen-bond acceptors (Lipinski definition) is 6. The van der Waals surface area contributed by atoms with Crippen LogP contribution in [0.25, 0.3) is 0 Å². The molecule has 0 saturated carbocycles. The fourth-order valence-electron chi connectivity index (χ4n) is 2.05. The smallest absolute Gasteiger partial charge is 0.387 e. The van der Waals surface area contributed by atoms with Crippen LogP contribution in [0.4, 0.5) is 20.2 Å². The van der Waals surface area contributed by atoms with Gasteiger partial charge in [-0.2, -0.15) is 8.78 Å². The number of nitro groups is 1. The Bertz CT molecular complexity index is 859. The molecule has 8 nitrogen and oxygen atoms in total. The van der Waals surface area contributed by atoms with Crippen molar-refractivity contribution in [3.05, 3.63) is 64.2 Å². The number of ether oxygens (including phenoxy) is 2. The Balaban J connectivity index is 2.04. The normalized spacial score (nSPS) is 11.6. The largest absolute Gasteiger partial charge is 0.449 e. The number of carbonyl (C=O) groups is 2. The van der Waals surface area contributed by atoms with Crippen LogP contribution < -0.4 is 10.1 Å². The van der Waals surface area contributed by atoms with Gasteiger partial charge in [0.15, 0.2) is 6.10 Å². The lowest BCUT2D eigenvalue weighted by Crippen LogP contribution is -2.30. The van der Waals surface area contributed by atoms with Crippen LogP contribution in [0.5, 0.6) is 5.75 Å². The Labute approximate surface area is 151 Å². The molecule has 1 amide bonds. The van der Waals surface area contributed by atoms with Crippen LogP contribution in [0.15, 0.2) is 48.5 Å². The predicted octanol–water partition coefficient (Wildman–Crippen LogP) is 3.38. The molecular formula is C17H14F2N2O6. The first-order valence-corrected chi connectivity index (χ1v) is 7.58. The standard InChI is InChI=1S/C17H14F2N2O6/c1-10(15(22)20-13-7-2-3-8-14(13)21(24)25)26-16(23)11-5-4-6-12(9-11)27-17(18)19/h2-10,17H,1H3,(H,20,22). The number of amides is 1. The lowest BCUT2D eigenvalue weighted by atomic mass is 10.2. The number of esters is 1. The third-order valence-electron chi connectivity index (χ3n) is 3.31. The highest BCUT2D eigenvalue weighted by Crippen LogP contribution is 2.23. The zero-order valence-electron chi connectivity index (χ0n) is 13.9. The maximum Gasteiger partial charge on any atom is 0.387 e. The van der Waals surface area contributed by atoms with Crippen molar-refractivity contribution in [1.29, 1.82) is 0 Å². The van der Waals surface area contributed by atoms with E-state index in [-0.39, 0.29) is 22.7 Å². The topological polar surface area (TPSA) is 108 Å². The molecule has 27 heavy (non-hydrogen) atoms. The minimum absolute atomic E-state index is 0.0530. The zero-order valence-corrected chi connectivity index (χ0v) is 13.9. The summed E-state index contributed by atoms with van der Waals surface area (Å²) in [6.45, 7) is -1.79. The van der Waals surface area contributed by atoms with Crippen molar-refractivity contribution in [2.75, 3.05) is 5.32 Å². The average Bonchev–Trinajstić information content (AvgIpc) is 2.61. The molecule has 2 aromatic carbocycles. The van der Waals surface area contributed by atoms with Gasteiger partial charge in [0.1, 0.15) is 11.4 Å². The minimum atomic E-state index is -3.05. The molecule has 0 bridgehead atoms. The fourth-order valence-corrected chi connectivity index (χ4v) is 2.05. The molecule has 1 N–H and O–H groups in total. The van der Waals surface area contributed by atoms with Crippen LogP contribution in [0.1, 0.15) is 17.3 Å². The van der Waals surface area contributed by atoms with Gasteiger partial charge < -0.3 is 14.8 Å². The molecule has 0 aliphatic rings. The number of para-hydroxylation sites is 2. The van der Waals surface area contributed by atoms with Crippen LogP contribution >= 0.6 is 0 Å². The van der Waals surface area contributed by atoms with Gasteiger partial charge in [0.05, 0.1) is 10.5 Å². The van der Waals surface area contributed by atoms with Crippen molar-refractivity contribution in [2.45, 2.75) is 19.6 Å². The average molecular weight is 380 g/mol. The van der Waals surface area contributed by atoms with E-state index >= 15 is 0 Å². The molecule has 0 aliphatic carbocycles. The monoisotopic (exact) mass is 380 g/mol. The van der Waals surface area contributed by atoms with Gasteiger partial charge in [-0.1, -0.05) is 18.2 Å². The molecule has 142 valence electrons. The van der Waals surface area contributed by atoms with E-state index in [9.17, 15) is 28.5 Å². The van der Waals surface area contributed by atoms with E-state index in [1.54, 1.807) is 0 Å². The first-order chi connectivity index (χ1) is 12.8. The molecule has 0 heterocycles. The third-order valence-corrected chi connectivity index (χ3v) is 3.31. The highest BCUT2D eigenvalue weighted by atomic mass is 19.3. The summed E-state index contributed by atoms with van der Waals surface area (Å²) in [4.78, 5) is 34.5. The quantitative estimate of drug-likeness (QED) is 0.448. The van der Waals surface area contributed by atoms with Gasteiger partial charge in [0.2, 0.25) is 0 Å². The number of halogens is 2. The summed E-state index contributed by atoms with van der Waals surface area (Å²) in [7, 11) is 0. The first kappa shape index (κ1) is 19.8. The number of rotatable bonds is 7. The summed E-state index contributed by atoms with van der Waals surface area (Å²) in [5.74, 6) is -1.98. The second-order valence-electron chi connectivity index (χ2n) is 5.22. The molecule has 0 aliphatic heterocycles. The van der Waals surface area contributed by atoms with E-state index in [1.165, 1.54) is 49.4 Å². The Hall–Kier alpha value is -3.56. The summed E-state index contributed by atoms with van der Waals surface area (Å²) in [5.41, 5.74) is -0.470.